The van der Waals surface area contributed by atoms with Crippen LogP contribution in [-0.2, 0) is 4.74 Å². The van der Waals surface area contributed by atoms with Crippen LogP contribution in [0.3, 0.4) is 0 Å². The molecular formula is C7H14O6. The van der Waals surface area contributed by atoms with Gasteiger partial charge in [-0.15, -0.1) is 0 Å². The van der Waals surface area contributed by atoms with Crippen molar-refractivity contribution in [2.24, 2.45) is 0 Å². The van der Waals surface area contributed by atoms with Gasteiger partial charge in [0.05, 0.1) is 0 Å². The van der Waals surface area contributed by atoms with Gasteiger partial charge in [0.25, 0.3) is 0 Å². The highest BCUT2D eigenvalue weighted by atomic mass is 16.5. The molecule has 6 heteroatoms. The predicted molar refractivity (Wildman–Crippen MR) is 40.8 cm³/mol. The molecule has 0 saturated heterocycles. The fourth-order valence-corrected chi connectivity index (χ4v) is 1.48. The van der Waals surface area contributed by atoms with Crippen LogP contribution in [0.2, 0.25) is 0 Å². The number of aliphatic hydroxyl groups is 5. The van der Waals surface area contributed by atoms with E-state index in [2.05, 4.69) is 4.74 Å². The lowest BCUT2D eigenvalue weighted by atomic mass is 9.85. The molecule has 13 heavy (non-hydrogen) atoms. The maximum atomic E-state index is 9.29. The van der Waals surface area contributed by atoms with E-state index in [9.17, 15) is 20.4 Å². The van der Waals surface area contributed by atoms with E-state index in [4.69, 9.17) is 5.11 Å². The topological polar surface area (TPSA) is 110 Å². The molecule has 5 N–H and O–H groups in total. The van der Waals surface area contributed by atoms with Gasteiger partial charge in [-0.1, -0.05) is 0 Å². The van der Waals surface area contributed by atoms with Gasteiger partial charge in [0.1, 0.15) is 36.6 Å². The van der Waals surface area contributed by atoms with Gasteiger partial charge < -0.3 is 30.3 Å². The molecule has 0 unspecified atom stereocenters. The molecule has 1 aliphatic carbocycles. The van der Waals surface area contributed by atoms with Crippen molar-refractivity contribution in [3.05, 3.63) is 0 Å². The molecule has 0 heterocycles. The summed E-state index contributed by atoms with van der Waals surface area (Å²) in [4.78, 5) is 0. The summed E-state index contributed by atoms with van der Waals surface area (Å²) in [6, 6.07) is 0. The Hall–Kier alpha value is -0.240. The Bertz CT molecular complexity index is 158. The highest BCUT2D eigenvalue weighted by molar-refractivity contribution is 4.99. The fraction of sp³-hybridized carbons (Fsp3) is 1.00. The first-order valence-corrected chi connectivity index (χ1v) is 3.93. The molecule has 0 aromatic rings. The smallest absolute Gasteiger partial charge is 0.114 e. The van der Waals surface area contributed by atoms with Crippen molar-refractivity contribution in [2.45, 2.75) is 36.6 Å². The van der Waals surface area contributed by atoms with Crippen LogP contribution in [0.5, 0.6) is 0 Å². The first kappa shape index (κ1) is 10.8. The van der Waals surface area contributed by atoms with Crippen molar-refractivity contribution in [1.29, 1.82) is 0 Å². The predicted octanol–water partition coefficient (Wildman–Crippen LogP) is -3.18. The third-order valence-electron chi connectivity index (χ3n) is 2.35. The quantitative estimate of drug-likeness (QED) is 0.301. The Labute approximate surface area is 75.0 Å². The van der Waals surface area contributed by atoms with Gasteiger partial charge in [-0.05, 0) is 0 Å². The van der Waals surface area contributed by atoms with Gasteiger partial charge in [0.15, 0.2) is 0 Å². The molecule has 0 aromatic carbocycles. The summed E-state index contributed by atoms with van der Waals surface area (Å²) in [5.41, 5.74) is 0. The van der Waals surface area contributed by atoms with E-state index in [0.717, 1.165) is 0 Å². The van der Waals surface area contributed by atoms with Crippen molar-refractivity contribution < 1.29 is 30.3 Å². The highest BCUT2D eigenvalue weighted by Crippen LogP contribution is 2.23. The molecule has 78 valence electrons. The lowest BCUT2D eigenvalue weighted by Gasteiger charge is -2.40. The summed E-state index contributed by atoms with van der Waals surface area (Å²) >= 11 is 0. The molecular weight excluding hydrogens is 180 g/mol. The van der Waals surface area contributed by atoms with Crippen molar-refractivity contribution in [1.82, 2.24) is 0 Å². The molecule has 0 aliphatic heterocycles. The number of aliphatic hydroxyl groups excluding tert-OH is 5. The first-order valence-electron chi connectivity index (χ1n) is 3.93. The highest BCUT2D eigenvalue weighted by Gasteiger charge is 2.48. The first-order chi connectivity index (χ1) is 6.00. The normalized spacial score (nSPS) is 52.2. The van der Waals surface area contributed by atoms with Crippen LogP contribution in [0.1, 0.15) is 0 Å². The average molecular weight is 194 g/mol. The minimum atomic E-state index is -1.56. The SMILES string of the molecule is CO[C@H]1[C@H](O)[C@@H](O)[C@H](O)[C@@H](O)[C@@H]1O. The largest absolute Gasteiger partial charge is 0.387 e. The van der Waals surface area contributed by atoms with Gasteiger partial charge in [-0.3, -0.25) is 0 Å². The second-order valence-corrected chi connectivity index (χ2v) is 3.15. The maximum absolute atomic E-state index is 9.29. The van der Waals surface area contributed by atoms with Crippen LogP contribution >= 0.6 is 0 Å². The number of ether oxygens (including phenoxy) is 1. The zero-order valence-corrected chi connectivity index (χ0v) is 7.11. The summed E-state index contributed by atoms with van der Waals surface area (Å²) < 4.78 is 4.67. The zero-order valence-electron chi connectivity index (χ0n) is 7.11. The average Bonchev–Trinajstić information content (AvgIpc) is 2.13. The Kier molecular flexibility index (Phi) is 3.23. The second kappa shape index (κ2) is 3.87. The summed E-state index contributed by atoms with van der Waals surface area (Å²) in [6.45, 7) is 0. The van der Waals surface area contributed by atoms with Gasteiger partial charge in [-0.2, -0.15) is 0 Å². The minimum Gasteiger partial charge on any atom is -0.387 e. The zero-order chi connectivity index (χ0) is 10.2. The number of hydrogen-bond acceptors (Lipinski definition) is 6. The third-order valence-corrected chi connectivity index (χ3v) is 2.35. The molecule has 1 fully saturated rings. The Morgan fingerprint density at radius 3 is 1.31 bits per heavy atom. The molecule has 0 aromatic heterocycles. The molecule has 1 saturated carbocycles. The Morgan fingerprint density at radius 2 is 1.00 bits per heavy atom. The minimum absolute atomic E-state index is 1.09. The van der Waals surface area contributed by atoms with E-state index in [1.165, 1.54) is 7.11 Å². The van der Waals surface area contributed by atoms with Crippen LogP contribution in [0.25, 0.3) is 0 Å². The van der Waals surface area contributed by atoms with Gasteiger partial charge in [0.2, 0.25) is 0 Å². The monoisotopic (exact) mass is 194 g/mol. The number of hydrogen-bond donors (Lipinski definition) is 5. The van der Waals surface area contributed by atoms with Crippen molar-refractivity contribution in [3.63, 3.8) is 0 Å². The fourth-order valence-electron chi connectivity index (χ4n) is 1.48. The number of rotatable bonds is 1. The van der Waals surface area contributed by atoms with E-state index in [0.29, 0.717) is 0 Å². The summed E-state index contributed by atoms with van der Waals surface area (Å²) in [5, 5.41) is 46.1. The van der Waals surface area contributed by atoms with Gasteiger partial charge >= 0.3 is 0 Å². The molecule has 1 aliphatic rings. The lowest BCUT2D eigenvalue weighted by molar-refractivity contribution is -0.229. The van der Waals surface area contributed by atoms with Gasteiger partial charge in [0, 0.05) is 7.11 Å². The molecule has 6 nitrogen and oxygen atoms in total. The molecule has 6 atom stereocenters. The van der Waals surface area contributed by atoms with Crippen LogP contribution in [0.4, 0.5) is 0 Å². The summed E-state index contributed by atoms with van der Waals surface area (Å²) in [5.74, 6) is 0. The van der Waals surface area contributed by atoms with Crippen molar-refractivity contribution in [3.8, 4) is 0 Å². The van der Waals surface area contributed by atoms with E-state index < -0.39 is 36.6 Å². The standard InChI is InChI=1S/C7H14O6/c1-13-7-5(11)3(9)2(8)4(10)6(7)12/h2-12H,1H3/t2-,3-,4+,5+,6-,7-. The van der Waals surface area contributed by atoms with E-state index in [1.807, 2.05) is 0 Å². The van der Waals surface area contributed by atoms with E-state index >= 15 is 0 Å². The maximum Gasteiger partial charge on any atom is 0.114 e. The van der Waals surface area contributed by atoms with E-state index in [1.54, 1.807) is 0 Å². The van der Waals surface area contributed by atoms with Crippen LogP contribution in [0.15, 0.2) is 0 Å². The van der Waals surface area contributed by atoms with Crippen LogP contribution in [-0.4, -0.2) is 69.3 Å². The summed E-state index contributed by atoms with van der Waals surface area (Å²) in [6.07, 6.45) is -8.48. The molecule has 0 bridgehead atoms. The van der Waals surface area contributed by atoms with E-state index in [-0.39, 0.29) is 0 Å². The lowest BCUT2D eigenvalue weighted by Crippen LogP contribution is -2.64. The van der Waals surface area contributed by atoms with Crippen molar-refractivity contribution in [2.75, 3.05) is 7.11 Å². The van der Waals surface area contributed by atoms with Gasteiger partial charge in [-0.25, -0.2) is 0 Å². The molecule has 0 spiro atoms. The Balaban J connectivity index is 2.79. The van der Waals surface area contributed by atoms with Crippen LogP contribution < -0.4 is 0 Å². The Morgan fingerprint density at radius 1 is 0.692 bits per heavy atom. The number of methoxy groups -OCH3 is 1. The summed E-state index contributed by atoms with van der Waals surface area (Å²) in [7, 11) is 1.23. The third kappa shape index (κ3) is 1.69. The van der Waals surface area contributed by atoms with Crippen LogP contribution in [0, 0.1) is 0 Å². The second-order valence-electron chi connectivity index (χ2n) is 3.15. The molecule has 0 amide bonds. The molecule has 0 radical (unpaired) electrons. The van der Waals surface area contributed by atoms with Crippen molar-refractivity contribution >= 4 is 0 Å². The molecule has 1 rings (SSSR count).